The van der Waals surface area contributed by atoms with Gasteiger partial charge in [-0.1, -0.05) is 29.8 Å². The topological polar surface area (TPSA) is 70.1 Å². The van der Waals surface area contributed by atoms with Crippen molar-refractivity contribution in [2.45, 2.75) is 13.8 Å². The van der Waals surface area contributed by atoms with E-state index in [1.807, 2.05) is 50.2 Å². The second-order valence-electron chi connectivity index (χ2n) is 5.18. The average molecular weight is 324 g/mol. The number of H-pyrrole nitrogens is 1. The molecular weight excluding hydrogens is 308 g/mol. The third-order valence-electron chi connectivity index (χ3n) is 3.29. The van der Waals surface area contributed by atoms with Gasteiger partial charge in [-0.2, -0.15) is 10.2 Å². The fourth-order valence-corrected chi connectivity index (χ4v) is 2.80. The van der Waals surface area contributed by atoms with Crippen molar-refractivity contribution in [3.05, 3.63) is 63.5 Å². The average Bonchev–Trinajstić information content (AvgIpc) is 3.17. The lowest BCUT2D eigenvalue weighted by atomic mass is 10.1. The van der Waals surface area contributed by atoms with Crippen LogP contribution in [0.15, 0.2) is 47.6 Å². The first-order valence-electron chi connectivity index (χ1n) is 7.14. The molecule has 1 aromatic carbocycles. The van der Waals surface area contributed by atoms with E-state index in [2.05, 4.69) is 20.7 Å². The second-order valence-corrected chi connectivity index (χ2v) is 6.50. The Balaban J connectivity index is 1.66. The maximum absolute atomic E-state index is 12.0. The second kappa shape index (κ2) is 6.58. The summed E-state index contributed by atoms with van der Waals surface area (Å²) in [4.78, 5) is 14.2. The number of thiophene rings is 1. The Hall–Kier alpha value is -2.73. The predicted molar refractivity (Wildman–Crippen MR) is 92.9 cm³/mol. The van der Waals surface area contributed by atoms with Gasteiger partial charge in [-0.15, -0.1) is 11.3 Å². The molecule has 0 saturated carbocycles. The molecule has 0 radical (unpaired) electrons. The highest BCUT2D eigenvalue weighted by atomic mass is 32.1. The number of hydrogen-bond donors (Lipinski definition) is 2. The largest absolute Gasteiger partial charge is 0.289 e. The van der Waals surface area contributed by atoms with E-state index in [-0.39, 0.29) is 5.91 Å². The maximum atomic E-state index is 12.0. The lowest BCUT2D eigenvalue weighted by Crippen LogP contribution is -2.17. The fraction of sp³-hybridized carbons (Fsp3) is 0.118. The van der Waals surface area contributed by atoms with Crippen LogP contribution in [0, 0.1) is 13.8 Å². The zero-order chi connectivity index (χ0) is 16.2. The highest BCUT2D eigenvalue weighted by Crippen LogP contribution is 2.18. The molecular formula is C17H16N4OS. The van der Waals surface area contributed by atoms with Crippen LogP contribution in [0.25, 0.3) is 11.3 Å². The van der Waals surface area contributed by atoms with Crippen LogP contribution in [-0.2, 0) is 0 Å². The van der Waals surface area contributed by atoms with Gasteiger partial charge in [0, 0.05) is 15.3 Å². The highest BCUT2D eigenvalue weighted by molar-refractivity contribution is 7.13. The van der Waals surface area contributed by atoms with Gasteiger partial charge in [0.2, 0.25) is 0 Å². The maximum Gasteiger partial charge on any atom is 0.289 e. The van der Waals surface area contributed by atoms with Crippen molar-refractivity contribution < 1.29 is 4.79 Å². The van der Waals surface area contributed by atoms with Crippen molar-refractivity contribution in [2.75, 3.05) is 0 Å². The first-order valence-corrected chi connectivity index (χ1v) is 7.96. The minimum Gasteiger partial charge on any atom is -0.272 e. The number of carbonyl (C=O) groups is 1. The van der Waals surface area contributed by atoms with Crippen molar-refractivity contribution in [3.63, 3.8) is 0 Å². The summed E-state index contributed by atoms with van der Waals surface area (Å²) in [5, 5.41) is 10.9. The van der Waals surface area contributed by atoms with E-state index < -0.39 is 0 Å². The van der Waals surface area contributed by atoms with Gasteiger partial charge < -0.3 is 0 Å². The number of hydrogen-bond acceptors (Lipinski definition) is 4. The van der Waals surface area contributed by atoms with E-state index in [1.54, 1.807) is 23.6 Å². The van der Waals surface area contributed by atoms with Crippen LogP contribution in [0.2, 0.25) is 0 Å². The SMILES string of the molecule is Cc1ccc(-c2cc(C(=O)N/N=C/c3ccc(C)s3)[nH]n2)cc1. The standard InChI is InChI=1S/C17H16N4OS/c1-11-3-6-13(7-4-11)15-9-16(20-19-15)17(22)21-18-10-14-8-5-12(2)23-14/h3-10H,1-2H3,(H,19,20)(H,21,22)/b18-10+. The number of aromatic amines is 1. The van der Waals surface area contributed by atoms with Crippen LogP contribution in [0.4, 0.5) is 0 Å². The molecule has 1 amide bonds. The summed E-state index contributed by atoms with van der Waals surface area (Å²) in [5.41, 5.74) is 5.74. The van der Waals surface area contributed by atoms with Crippen LogP contribution in [0.5, 0.6) is 0 Å². The Kier molecular flexibility index (Phi) is 4.34. The minimum atomic E-state index is -0.319. The first-order chi connectivity index (χ1) is 11.1. The van der Waals surface area contributed by atoms with Gasteiger partial charge in [-0.05, 0) is 32.0 Å². The van der Waals surface area contributed by atoms with E-state index >= 15 is 0 Å². The number of carbonyl (C=O) groups excluding carboxylic acids is 1. The molecule has 116 valence electrons. The Labute approximate surface area is 138 Å². The van der Waals surface area contributed by atoms with Gasteiger partial charge in [-0.25, -0.2) is 5.43 Å². The van der Waals surface area contributed by atoms with Crippen molar-refractivity contribution >= 4 is 23.5 Å². The monoisotopic (exact) mass is 324 g/mol. The molecule has 0 spiro atoms. The number of aromatic nitrogens is 2. The number of benzene rings is 1. The zero-order valence-corrected chi connectivity index (χ0v) is 13.6. The molecule has 3 rings (SSSR count). The number of nitrogens with zero attached hydrogens (tertiary/aromatic N) is 2. The lowest BCUT2D eigenvalue weighted by molar-refractivity contribution is 0.0950. The molecule has 0 aliphatic rings. The summed E-state index contributed by atoms with van der Waals surface area (Å²) in [5.74, 6) is -0.319. The molecule has 5 nitrogen and oxygen atoms in total. The molecule has 0 fully saturated rings. The summed E-state index contributed by atoms with van der Waals surface area (Å²) in [7, 11) is 0. The van der Waals surface area contributed by atoms with Gasteiger partial charge in [-0.3, -0.25) is 9.89 Å². The quantitative estimate of drug-likeness (QED) is 0.569. The molecule has 2 aromatic heterocycles. The van der Waals surface area contributed by atoms with Gasteiger partial charge >= 0.3 is 0 Å². The third-order valence-corrected chi connectivity index (χ3v) is 4.22. The van der Waals surface area contributed by atoms with Crippen molar-refractivity contribution in [1.82, 2.24) is 15.6 Å². The van der Waals surface area contributed by atoms with Crippen molar-refractivity contribution in [3.8, 4) is 11.3 Å². The van der Waals surface area contributed by atoms with E-state index in [9.17, 15) is 4.79 Å². The van der Waals surface area contributed by atoms with Crippen molar-refractivity contribution in [1.29, 1.82) is 0 Å². The van der Waals surface area contributed by atoms with Gasteiger partial charge in [0.25, 0.3) is 5.91 Å². The molecule has 23 heavy (non-hydrogen) atoms. The van der Waals surface area contributed by atoms with Crippen LogP contribution in [-0.4, -0.2) is 22.3 Å². The molecule has 0 aliphatic carbocycles. The summed E-state index contributed by atoms with van der Waals surface area (Å²) in [6.45, 7) is 4.05. The lowest BCUT2D eigenvalue weighted by Gasteiger charge is -1.96. The number of aryl methyl sites for hydroxylation is 2. The molecule has 3 aromatic rings. The smallest absolute Gasteiger partial charge is 0.272 e. The predicted octanol–water partition coefficient (Wildman–Crippen LogP) is 3.52. The number of rotatable bonds is 4. The summed E-state index contributed by atoms with van der Waals surface area (Å²) in [6.07, 6.45) is 1.63. The van der Waals surface area contributed by atoms with Crippen LogP contribution >= 0.6 is 11.3 Å². The molecule has 2 N–H and O–H groups in total. The molecule has 0 saturated heterocycles. The Morgan fingerprint density at radius 2 is 2.00 bits per heavy atom. The zero-order valence-electron chi connectivity index (χ0n) is 12.8. The third kappa shape index (κ3) is 3.73. The van der Waals surface area contributed by atoms with E-state index in [4.69, 9.17) is 0 Å². The van der Waals surface area contributed by atoms with Crippen LogP contribution in [0.1, 0.15) is 25.8 Å². The highest BCUT2D eigenvalue weighted by Gasteiger charge is 2.10. The minimum absolute atomic E-state index is 0.319. The molecule has 0 unspecified atom stereocenters. The Morgan fingerprint density at radius 3 is 2.70 bits per heavy atom. The van der Waals surface area contributed by atoms with Gasteiger partial charge in [0.1, 0.15) is 5.69 Å². The number of amides is 1. The summed E-state index contributed by atoms with van der Waals surface area (Å²) < 4.78 is 0. The summed E-state index contributed by atoms with van der Waals surface area (Å²) >= 11 is 1.62. The van der Waals surface area contributed by atoms with E-state index in [1.165, 1.54) is 10.4 Å². The Bertz CT molecular complexity index is 846. The van der Waals surface area contributed by atoms with Crippen LogP contribution < -0.4 is 5.43 Å². The summed E-state index contributed by atoms with van der Waals surface area (Å²) in [6, 6.07) is 13.7. The fourth-order valence-electron chi connectivity index (χ4n) is 2.05. The Morgan fingerprint density at radius 1 is 1.22 bits per heavy atom. The molecule has 0 aliphatic heterocycles. The van der Waals surface area contributed by atoms with Crippen molar-refractivity contribution in [2.24, 2.45) is 5.10 Å². The molecule has 2 heterocycles. The van der Waals surface area contributed by atoms with Gasteiger partial charge in [0.05, 0.1) is 11.9 Å². The molecule has 0 atom stereocenters. The first kappa shape index (κ1) is 15.2. The number of hydrazone groups is 1. The number of nitrogens with one attached hydrogen (secondary N) is 2. The van der Waals surface area contributed by atoms with Gasteiger partial charge in [0.15, 0.2) is 0 Å². The van der Waals surface area contributed by atoms with E-state index in [0.29, 0.717) is 5.69 Å². The molecule has 0 bridgehead atoms. The molecule has 6 heteroatoms. The van der Waals surface area contributed by atoms with Crippen LogP contribution in [0.3, 0.4) is 0 Å². The normalized spacial score (nSPS) is 11.0. The van der Waals surface area contributed by atoms with E-state index in [0.717, 1.165) is 16.1 Å².